The maximum Gasteiger partial charge on any atom is 0.191 e. The van der Waals surface area contributed by atoms with Crippen LogP contribution in [0, 0.1) is 5.92 Å². The van der Waals surface area contributed by atoms with Gasteiger partial charge in [-0.1, -0.05) is 0 Å². The first-order chi connectivity index (χ1) is 9.85. The number of piperidine rings is 1. The first-order valence-corrected chi connectivity index (χ1v) is 8.49. The lowest BCUT2D eigenvalue weighted by molar-refractivity contribution is 0.462. The summed E-state index contributed by atoms with van der Waals surface area (Å²) in [5.41, 5.74) is 0. The average molecular weight is 420 g/mol. The molecule has 3 rings (SSSR count). The standard InChI is InChI=1S/C15H24N4S.HI/c1-16-15(17-11-12-4-5-12)18-13-6-8-19(9-7-13)14-3-2-10-20-14;/h2-3,10,12-13H,4-9,11H2,1H3,(H2,16,17,18);1H. The summed E-state index contributed by atoms with van der Waals surface area (Å²) in [6, 6.07) is 4.90. The van der Waals surface area contributed by atoms with Crippen LogP contribution in [0.15, 0.2) is 22.5 Å². The van der Waals surface area contributed by atoms with E-state index in [0.717, 1.165) is 31.5 Å². The number of rotatable bonds is 4. The van der Waals surface area contributed by atoms with Crippen molar-refractivity contribution in [2.45, 2.75) is 31.7 Å². The van der Waals surface area contributed by atoms with Gasteiger partial charge in [-0.3, -0.25) is 4.99 Å². The predicted molar refractivity (Wildman–Crippen MR) is 102 cm³/mol. The highest BCUT2D eigenvalue weighted by molar-refractivity contribution is 14.0. The Hall–Kier alpha value is -0.500. The van der Waals surface area contributed by atoms with Gasteiger partial charge in [0.2, 0.25) is 0 Å². The van der Waals surface area contributed by atoms with Gasteiger partial charge < -0.3 is 15.5 Å². The van der Waals surface area contributed by atoms with Crippen LogP contribution < -0.4 is 15.5 Å². The number of aliphatic imine (C=N–C) groups is 1. The summed E-state index contributed by atoms with van der Waals surface area (Å²) in [6.45, 7) is 3.35. The van der Waals surface area contributed by atoms with Crippen LogP contribution in [-0.4, -0.2) is 38.7 Å². The number of nitrogens with one attached hydrogen (secondary N) is 2. The number of anilines is 1. The van der Waals surface area contributed by atoms with Crippen LogP contribution in [0.5, 0.6) is 0 Å². The maximum absolute atomic E-state index is 4.33. The Morgan fingerprint density at radius 2 is 2.10 bits per heavy atom. The third-order valence-electron chi connectivity index (χ3n) is 4.13. The molecule has 6 heteroatoms. The lowest BCUT2D eigenvalue weighted by Gasteiger charge is -2.33. The smallest absolute Gasteiger partial charge is 0.191 e. The van der Waals surface area contributed by atoms with E-state index in [9.17, 15) is 0 Å². The van der Waals surface area contributed by atoms with E-state index in [2.05, 4.69) is 38.0 Å². The lowest BCUT2D eigenvalue weighted by atomic mass is 10.1. The molecule has 0 radical (unpaired) electrons. The molecular weight excluding hydrogens is 395 g/mol. The van der Waals surface area contributed by atoms with Gasteiger partial charge in [0.25, 0.3) is 0 Å². The highest BCUT2D eigenvalue weighted by atomic mass is 127. The fraction of sp³-hybridized carbons (Fsp3) is 0.667. The quantitative estimate of drug-likeness (QED) is 0.447. The Morgan fingerprint density at radius 1 is 1.33 bits per heavy atom. The van der Waals surface area contributed by atoms with Crippen LogP contribution in [0.1, 0.15) is 25.7 Å². The normalized spacial score (nSPS) is 20.0. The molecule has 1 aromatic rings. The van der Waals surface area contributed by atoms with Crippen molar-refractivity contribution >= 4 is 46.3 Å². The lowest BCUT2D eigenvalue weighted by Crippen LogP contribution is -2.49. The summed E-state index contributed by atoms with van der Waals surface area (Å²) in [7, 11) is 1.86. The van der Waals surface area contributed by atoms with E-state index >= 15 is 0 Å². The van der Waals surface area contributed by atoms with Gasteiger partial charge in [-0.2, -0.15) is 0 Å². The number of nitrogens with zero attached hydrogens (tertiary/aromatic N) is 2. The van der Waals surface area contributed by atoms with Crippen LogP contribution in [-0.2, 0) is 0 Å². The van der Waals surface area contributed by atoms with E-state index in [4.69, 9.17) is 0 Å². The minimum absolute atomic E-state index is 0. The Morgan fingerprint density at radius 3 is 2.67 bits per heavy atom. The molecule has 1 saturated heterocycles. The number of hydrogen-bond acceptors (Lipinski definition) is 3. The van der Waals surface area contributed by atoms with Gasteiger partial charge in [-0.15, -0.1) is 35.3 Å². The second kappa shape index (κ2) is 8.22. The molecule has 21 heavy (non-hydrogen) atoms. The van der Waals surface area contributed by atoms with E-state index in [1.165, 1.54) is 30.7 Å². The summed E-state index contributed by atoms with van der Waals surface area (Å²) in [5, 5.41) is 10.6. The zero-order valence-electron chi connectivity index (χ0n) is 12.5. The molecule has 1 aromatic heterocycles. The van der Waals surface area contributed by atoms with Gasteiger partial charge in [-0.05, 0) is 49.1 Å². The summed E-state index contributed by atoms with van der Waals surface area (Å²) >= 11 is 1.84. The summed E-state index contributed by atoms with van der Waals surface area (Å²) in [4.78, 5) is 6.82. The molecule has 2 fully saturated rings. The van der Waals surface area contributed by atoms with Crippen LogP contribution in [0.2, 0.25) is 0 Å². The number of guanidine groups is 1. The molecule has 2 N–H and O–H groups in total. The van der Waals surface area contributed by atoms with Crippen molar-refractivity contribution < 1.29 is 0 Å². The fourth-order valence-electron chi connectivity index (χ4n) is 2.65. The molecule has 1 saturated carbocycles. The Kier molecular flexibility index (Phi) is 6.60. The Balaban J connectivity index is 0.00000161. The molecule has 1 aliphatic carbocycles. The first-order valence-electron chi connectivity index (χ1n) is 7.61. The van der Waals surface area contributed by atoms with E-state index in [1.54, 1.807) is 0 Å². The average Bonchev–Trinajstić information content (AvgIpc) is 3.16. The molecule has 0 spiro atoms. The molecule has 0 unspecified atom stereocenters. The molecule has 2 heterocycles. The van der Waals surface area contributed by atoms with E-state index < -0.39 is 0 Å². The van der Waals surface area contributed by atoms with E-state index in [1.807, 2.05) is 18.4 Å². The summed E-state index contributed by atoms with van der Waals surface area (Å²) < 4.78 is 0. The zero-order valence-corrected chi connectivity index (χ0v) is 15.7. The van der Waals surface area contributed by atoms with Crippen molar-refractivity contribution in [2.75, 3.05) is 31.6 Å². The van der Waals surface area contributed by atoms with Crippen LogP contribution in [0.3, 0.4) is 0 Å². The fourth-order valence-corrected chi connectivity index (χ4v) is 3.43. The predicted octanol–water partition coefficient (Wildman–Crippen LogP) is 2.91. The molecule has 2 aliphatic rings. The largest absolute Gasteiger partial charge is 0.363 e. The molecule has 0 amide bonds. The highest BCUT2D eigenvalue weighted by Crippen LogP contribution is 2.27. The van der Waals surface area contributed by atoms with Crippen molar-refractivity contribution in [1.82, 2.24) is 10.6 Å². The Bertz CT molecular complexity index is 437. The van der Waals surface area contributed by atoms with Crippen LogP contribution >= 0.6 is 35.3 Å². The van der Waals surface area contributed by atoms with Gasteiger partial charge in [0.05, 0.1) is 5.00 Å². The second-order valence-electron chi connectivity index (χ2n) is 5.75. The topological polar surface area (TPSA) is 39.7 Å². The first kappa shape index (κ1) is 16.9. The zero-order chi connectivity index (χ0) is 13.8. The second-order valence-corrected chi connectivity index (χ2v) is 6.68. The SMILES string of the molecule is CN=C(NCC1CC1)NC1CCN(c2cccs2)CC1.I. The molecule has 118 valence electrons. The van der Waals surface area contributed by atoms with Crippen molar-refractivity contribution in [1.29, 1.82) is 0 Å². The molecule has 4 nitrogen and oxygen atoms in total. The number of hydrogen-bond donors (Lipinski definition) is 2. The third-order valence-corrected chi connectivity index (χ3v) is 5.06. The number of halogens is 1. The minimum Gasteiger partial charge on any atom is -0.363 e. The van der Waals surface area contributed by atoms with Crippen molar-refractivity contribution in [3.8, 4) is 0 Å². The van der Waals surface area contributed by atoms with Crippen molar-refractivity contribution in [3.63, 3.8) is 0 Å². The summed E-state index contributed by atoms with van der Waals surface area (Å²) in [5.74, 6) is 1.86. The minimum atomic E-state index is 0. The van der Waals surface area contributed by atoms with Crippen LogP contribution in [0.25, 0.3) is 0 Å². The summed E-state index contributed by atoms with van der Waals surface area (Å²) in [6.07, 6.45) is 5.12. The van der Waals surface area contributed by atoms with Crippen molar-refractivity contribution in [3.05, 3.63) is 17.5 Å². The molecule has 0 atom stereocenters. The van der Waals surface area contributed by atoms with Crippen LogP contribution in [0.4, 0.5) is 5.00 Å². The van der Waals surface area contributed by atoms with Gasteiger partial charge in [-0.25, -0.2) is 0 Å². The third kappa shape index (κ3) is 5.02. The Labute approximate surface area is 148 Å². The van der Waals surface area contributed by atoms with Crippen molar-refractivity contribution in [2.24, 2.45) is 10.9 Å². The molecule has 0 aromatic carbocycles. The maximum atomic E-state index is 4.33. The monoisotopic (exact) mass is 420 g/mol. The molecular formula is C15H25IN4S. The van der Waals surface area contributed by atoms with E-state index in [0.29, 0.717) is 6.04 Å². The van der Waals surface area contributed by atoms with Gasteiger partial charge in [0.15, 0.2) is 5.96 Å². The molecule has 1 aliphatic heterocycles. The number of thiophene rings is 1. The van der Waals surface area contributed by atoms with Gasteiger partial charge in [0, 0.05) is 32.7 Å². The van der Waals surface area contributed by atoms with Gasteiger partial charge in [0.1, 0.15) is 0 Å². The molecule has 0 bridgehead atoms. The van der Waals surface area contributed by atoms with Gasteiger partial charge >= 0.3 is 0 Å². The van der Waals surface area contributed by atoms with E-state index in [-0.39, 0.29) is 24.0 Å². The highest BCUT2D eigenvalue weighted by Gasteiger charge is 2.23.